The Hall–Kier alpha value is -1.42. The van der Waals surface area contributed by atoms with Crippen molar-refractivity contribution in [3.8, 4) is 0 Å². The minimum atomic E-state index is -0.0915. The first kappa shape index (κ1) is 15.0. The molecule has 1 aromatic carbocycles. The molecule has 0 saturated carbocycles. The predicted octanol–water partition coefficient (Wildman–Crippen LogP) is 2.85. The number of carbonyl (C=O) groups excluding carboxylic acids is 1. The summed E-state index contributed by atoms with van der Waals surface area (Å²) in [7, 11) is 0. The summed E-state index contributed by atoms with van der Waals surface area (Å²) in [5.74, 6) is 0.0716. The first-order valence-corrected chi connectivity index (χ1v) is 7.70. The third kappa shape index (κ3) is 3.18. The van der Waals surface area contributed by atoms with Crippen molar-refractivity contribution in [2.45, 2.75) is 44.6 Å². The van der Waals surface area contributed by atoms with Crippen molar-refractivity contribution in [1.29, 1.82) is 0 Å². The quantitative estimate of drug-likeness (QED) is 0.867. The normalized spacial score (nSPS) is 20.4. The molecule has 2 N–H and O–H groups in total. The van der Waals surface area contributed by atoms with Gasteiger partial charge < -0.3 is 10.6 Å². The number of nitrogens with zero attached hydrogens (tertiary/aromatic N) is 1. The largest absolute Gasteiger partial charge is 0.392 e. The minimum absolute atomic E-state index is 0.0657. The van der Waals surface area contributed by atoms with Gasteiger partial charge in [0.1, 0.15) is 0 Å². The van der Waals surface area contributed by atoms with Crippen LogP contribution < -0.4 is 5.73 Å². The summed E-state index contributed by atoms with van der Waals surface area (Å²) in [6.07, 6.45) is 3.82. The minimum Gasteiger partial charge on any atom is -0.392 e. The average Bonchev–Trinajstić information content (AvgIpc) is 2.49. The van der Waals surface area contributed by atoms with Crippen LogP contribution in [0, 0.1) is 0 Å². The van der Waals surface area contributed by atoms with Crippen molar-refractivity contribution in [3.63, 3.8) is 0 Å². The van der Waals surface area contributed by atoms with Crippen molar-refractivity contribution in [1.82, 2.24) is 4.90 Å². The highest BCUT2D eigenvalue weighted by Gasteiger charge is 2.32. The van der Waals surface area contributed by atoms with Gasteiger partial charge in [-0.1, -0.05) is 49.5 Å². The van der Waals surface area contributed by atoms with Gasteiger partial charge in [0.25, 0.3) is 0 Å². The Morgan fingerprint density at radius 3 is 2.70 bits per heavy atom. The highest BCUT2D eigenvalue weighted by molar-refractivity contribution is 7.80. The summed E-state index contributed by atoms with van der Waals surface area (Å²) < 4.78 is 0. The molecule has 108 valence electrons. The summed E-state index contributed by atoms with van der Waals surface area (Å²) in [5, 5.41) is 0. The lowest BCUT2D eigenvalue weighted by molar-refractivity contribution is -0.135. The molecule has 1 amide bonds. The molecule has 1 saturated heterocycles. The van der Waals surface area contributed by atoms with E-state index in [-0.39, 0.29) is 17.9 Å². The maximum atomic E-state index is 12.9. The average molecular weight is 290 g/mol. The lowest BCUT2D eigenvalue weighted by Crippen LogP contribution is -2.51. The number of nitrogens with two attached hydrogens (primary N) is 1. The van der Waals surface area contributed by atoms with E-state index in [4.69, 9.17) is 18.0 Å². The molecule has 2 rings (SSSR count). The summed E-state index contributed by atoms with van der Waals surface area (Å²) in [6.45, 7) is 2.82. The molecule has 3 nitrogen and oxygen atoms in total. The van der Waals surface area contributed by atoms with Gasteiger partial charge in [0.05, 0.1) is 16.9 Å². The number of hydrogen-bond donors (Lipinski definition) is 1. The van der Waals surface area contributed by atoms with Crippen LogP contribution in [0.25, 0.3) is 0 Å². The number of carbonyl (C=O) groups is 1. The van der Waals surface area contributed by atoms with Gasteiger partial charge in [0, 0.05) is 6.54 Å². The van der Waals surface area contributed by atoms with E-state index in [2.05, 4.69) is 6.92 Å². The molecule has 0 bridgehead atoms. The Morgan fingerprint density at radius 2 is 2.10 bits per heavy atom. The number of rotatable bonds is 4. The van der Waals surface area contributed by atoms with Crippen molar-refractivity contribution < 1.29 is 4.79 Å². The standard InChI is InChI=1S/C16H22N2OS/c1-2-13(12-8-4-3-5-9-12)16(19)18-11-7-6-10-14(18)15(17)20/h3-5,8-9,13-14H,2,6-7,10-11H2,1H3,(H2,17,20). The van der Waals surface area contributed by atoms with Gasteiger partial charge >= 0.3 is 0 Å². The van der Waals surface area contributed by atoms with Crippen molar-refractivity contribution >= 4 is 23.1 Å². The molecule has 4 heteroatoms. The van der Waals surface area contributed by atoms with Gasteiger partial charge in [-0.3, -0.25) is 4.79 Å². The third-order valence-corrected chi connectivity index (χ3v) is 4.29. The van der Waals surface area contributed by atoms with Crippen LogP contribution >= 0.6 is 12.2 Å². The molecular weight excluding hydrogens is 268 g/mol. The van der Waals surface area contributed by atoms with E-state index in [0.29, 0.717) is 4.99 Å². The van der Waals surface area contributed by atoms with Crippen LogP contribution in [0.3, 0.4) is 0 Å². The first-order valence-electron chi connectivity index (χ1n) is 7.30. The number of benzene rings is 1. The van der Waals surface area contributed by atoms with Crippen molar-refractivity contribution in [3.05, 3.63) is 35.9 Å². The van der Waals surface area contributed by atoms with Crippen LogP contribution in [0.2, 0.25) is 0 Å². The van der Waals surface area contributed by atoms with Crippen LogP contribution in [0.1, 0.15) is 44.1 Å². The Labute approximate surface area is 126 Å². The van der Waals surface area contributed by atoms with E-state index in [1.165, 1.54) is 0 Å². The topological polar surface area (TPSA) is 46.3 Å². The van der Waals surface area contributed by atoms with Crippen LogP contribution in [0.4, 0.5) is 0 Å². The number of amides is 1. The lowest BCUT2D eigenvalue weighted by atomic mass is 9.92. The summed E-state index contributed by atoms with van der Waals surface area (Å²) in [4.78, 5) is 15.2. The van der Waals surface area contributed by atoms with E-state index in [9.17, 15) is 4.79 Å². The fraction of sp³-hybridized carbons (Fsp3) is 0.500. The second-order valence-corrected chi connectivity index (χ2v) is 5.79. The van der Waals surface area contributed by atoms with Gasteiger partial charge in [0.15, 0.2) is 0 Å². The first-order chi connectivity index (χ1) is 9.65. The summed E-state index contributed by atoms with van der Waals surface area (Å²) in [6, 6.07) is 9.90. The Kier molecular flexibility index (Phi) is 5.12. The van der Waals surface area contributed by atoms with E-state index in [1.807, 2.05) is 35.2 Å². The SMILES string of the molecule is CCC(C(=O)N1CCCCC1C(N)=S)c1ccccc1. The zero-order valence-corrected chi connectivity index (χ0v) is 12.7. The Bertz CT molecular complexity index is 475. The van der Waals surface area contributed by atoms with Crippen molar-refractivity contribution in [2.75, 3.05) is 6.54 Å². The smallest absolute Gasteiger partial charge is 0.230 e. The van der Waals surface area contributed by atoms with E-state index >= 15 is 0 Å². The molecule has 1 heterocycles. The van der Waals surface area contributed by atoms with Crippen molar-refractivity contribution in [2.24, 2.45) is 5.73 Å². The van der Waals surface area contributed by atoms with Crippen LogP contribution in [-0.4, -0.2) is 28.4 Å². The molecule has 1 aliphatic heterocycles. The second-order valence-electron chi connectivity index (χ2n) is 5.32. The van der Waals surface area contributed by atoms with Crippen LogP contribution in [0.15, 0.2) is 30.3 Å². The van der Waals surface area contributed by atoms with Gasteiger partial charge in [0.2, 0.25) is 5.91 Å². The maximum absolute atomic E-state index is 12.9. The highest BCUT2D eigenvalue weighted by Crippen LogP contribution is 2.26. The molecule has 2 unspecified atom stereocenters. The summed E-state index contributed by atoms with van der Waals surface area (Å²) >= 11 is 5.14. The number of hydrogen-bond acceptors (Lipinski definition) is 2. The van der Waals surface area contributed by atoms with Gasteiger partial charge in [-0.15, -0.1) is 0 Å². The van der Waals surface area contributed by atoms with Gasteiger partial charge in [-0.25, -0.2) is 0 Å². The zero-order chi connectivity index (χ0) is 14.5. The molecule has 0 aromatic heterocycles. The molecule has 1 aromatic rings. The number of piperidine rings is 1. The molecule has 0 radical (unpaired) electrons. The monoisotopic (exact) mass is 290 g/mol. The predicted molar refractivity (Wildman–Crippen MR) is 85.6 cm³/mol. The molecule has 0 aliphatic carbocycles. The Balaban J connectivity index is 2.21. The maximum Gasteiger partial charge on any atom is 0.230 e. The summed E-state index contributed by atoms with van der Waals surface area (Å²) in [5.41, 5.74) is 6.89. The molecule has 1 fully saturated rings. The van der Waals surface area contributed by atoms with Gasteiger partial charge in [-0.2, -0.15) is 0 Å². The fourth-order valence-electron chi connectivity index (χ4n) is 2.93. The van der Waals surface area contributed by atoms with E-state index < -0.39 is 0 Å². The molecular formula is C16H22N2OS. The van der Waals surface area contributed by atoms with E-state index in [1.54, 1.807) is 0 Å². The molecule has 20 heavy (non-hydrogen) atoms. The fourth-order valence-corrected chi connectivity index (χ4v) is 3.17. The molecule has 1 aliphatic rings. The molecule has 0 spiro atoms. The molecule has 2 atom stereocenters. The highest BCUT2D eigenvalue weighted by atomic mass is 32.1. The number of thiocarbonyl (C=S) groups is 1. The number of likely N-dealkylation sites (tertiary alicyclic amines) is 1. The third-order valence-electron chi connectivity index (χ3n) is 4.02. The van der Waals surface area contributed by atoms with Crippen LogP contribution in [0.5, 0.6) is 0 Å². The Morgan fingerprint density at radius 1 is 1.40 bits per heavy atom. The second kappa shape index (κ2) is 6.84. The van der Waals surface area contributed by atoms with E-state index in [0.717, 1.165) is 37.8 Å². The van der Waals surface area contributed by atoms with Gasteiger partial charge in [-0.05, 0) is 31.2 Å². The zero-order valence-electron chi connectivity index (χ0n) is 11.9. The lowest BCUT2D eigenvalue weighted by Gasteiger charge is -2.37. The van der Waals surface area contributed by atoms with Crippen LogP contribution in [-0.2, 0) is 4.79 Å².